The molecule has 0 aliphatic rings. The lowest BCUT2D eigenvalue weighted by Crippen LogP contribution is -2.04. The highest BCUT2D eigenvalue weighted by Gasteiger charge is 2.23. The Morgan fingerprint density at radius 2 is 1.93 bits per heavy atom. The van der Waals surface area contributed by atoms with Gasteiger partial charge in [-0.15, -0.1) is 0 Å². The minimum absolute atomic E-state index is 0.113. The summed E-state index contributed by atoms with van der Waals surface area (Å²) in [7, 11) is 0. The highest BCUT2D eigenvalue weighted by atomic mass is 32.7. The minimum Gasteiger partial charge on any atom is -0.318 e. The Morgan fingerprint density at radius 1 is 1.27 bits per heavy atom. The first-order chi connectivity index (χ1) is 7.08. The fourth-order valence-corrected chi connectivity index (χ4v) is 6.03. The van der Waals surface area contributed by atoms with Crippen LogP contribution in [-0.4, -0.2) is 29.5 Å². The summed E-state index contributed by atoms with van der Waals surface area (Å²) in [5.41, 5.74) is 0. The average Bonchev–Trinajstić information content (AvgIpc) is 2.24. The zero-order valence-corrected chi connectivity index (χ0v) is 12.7. The highest BCUT2D eigenvalue weighted by molar-refractivity contribution is 8.56. The highest BCUT2D eigenvalue weighted by Crippen LogP contribution is 2.60. The Hall–Kier alpha value is 0.890. The quantitative estimate of drug-likeness (QED) is 0.455. The van der Waals surface area contributed by atoms with Crippen LogP contribution in [0.4, 0.5) is 0 Å². The molecular weight excluding hydrogens is 247 g/mol. The summed E-state index contributed by atoms with van der Waals surface area (Å²) in [5, 5.41) is 0. The third kappa shape index (κ3) is 7.73. The lowest BCUT2D eigenvalue weighted by atomic mass is 10.3. The van der Waals surface area contributed by atoms with Crippen LogP contribution in [0.25, 0.3) is 0 Å². The molecule has 0 aliphatic carbocycles. The molecule has 0 N–H and O–H groups in total. The molecule has 0 saturated heterocycles. The monoisotopic (exact) mass is 270 g/mol. The molecule has 0 rings (SSSR count). The van der Waals surface area contributed by atoms with Gasteiger partial charge in [-0.3, -0.25) is 4.57 Å². The standard InChI is InChI=1S/C10H23O2PS2/c1-5-10(4)12-13(11,6-2)15-9-8-14-7-3/h10H,5-9H2,1-4H3/t10-,13-/m0/s1. The van der Waals surface area contributed by atoms with Crippen molar-refractivity contribution in [1.82, 2.24) is 0 Å². The van der Waals surface area contributed by atoms with E-state index in [0.717, 1.165) is 23.7 Å². The van der Waals surface area contributed by atoms with Crippen molar-refractivity contribution in [2.24, 2.45) is 0 Å². The molecule has 0 aliphatic heterocycles. The van der Waals surface area contributed by atoms with Crippen molar-refractivity contribution in [2.75, 3.05) is 23.4 Å². The van der Waals surface area contributed by atoms with Gasteiger partial charge in [-0.05, 0) is 19.1 Å². The summed E-state index contributed by atoms with van der Waals surface area (Å²) in [6, 6.07) is 0. The van der Waals surface area contributed by atoms with Gasteiger partial charge in [0, 0.05) is 17.7 Å². The summed E-state index contributed by atoms with van der Waals surface area (Å²) in [4.78, 5) is 0. The van der Waals surface area contributed by atoms with Crippen molar-refractivity contribution >= 4 is 29.7 Å². The van der Waals surface area contributed by atoms with Crippen molar-refractivity contribution in [2.45, 2.75) is 40.2 Å². The second kappa shape index (κ2) is 8.98. The SMILES string of the molecule is CCSCCS[P@](=O)(CC)O[C@@H](C)CC. The van der Waals surface area contributed by atoms with Gasteiger partial charge in [0.25, 0.3) is 6.57 Å². The largest absolute Gasteiger partial charge is 0.318 e. The van der Waals surface area contributed by atoms with Gasteiger partial charge in [0.1, 0.15) is 0 Å². The molecule has 0 amide bonds. The van der Waals surface area contributed by atoms with Gasteiger partial charge in [0.2, 0.25) is 0 Å². The van der Waals surface area contributed by atoms with Crippen LogP contribution < -0.4 is 0 Å². The van der Waals surface area contributed by atoms with Crippen LogP contribution in [0.15, 0.2) is 0 Å². The molecule has 0 aromatic carbocycles. The third-order valence-corrected chi connectivity index (χ3v) is 8.18. The topological polar surface area (TPSA) is 26.3 Å². The zero-order valence-electron chi connectivity index (χ0n) is 10.2. The van der Waals surface area contributed by atoms with Crippen molar-refractivity contribution in [1.29, 1.82) is 0 Å². The number of rotatable bonds is 9. The van der Waals surface area contributed by atoms with Crippen LogP contribution in [0.1, 0.15) is 34.1 Å². The van der Waals surface area contributed by atoms with E-state index in [1.165, 1.54) is 11.4 Å². The fourth-order valence-electron chi connectivity index (χ4n) is 0.925. The van der Waals surface area contributed by atoms with Crippen LogP contribution in [0.2, 0.25) is 0 Å². The smallest absolute Gasteiger partial charge is 0.257 e. The second-order valence-corrected chi connectivity index (χ2v) is 9.85. The van der Waals surface area contributed by atoms with Gasteiger partial charge < -0.3 is 4.52 Å². The Bertz CT molecular complexity index is 200. The summed E-state index contributed by atoms with van der Waals surface area (Å²) in [6.07, 6.45) is 1.68. The average molecular weight is 270 g/mol. The molecule has 0 saturated carbocycles. The third-order valence-electron chi connectivity index (χ3n) is 2.02. The van der Waals surface area contributed by atoms with E-state index in [2.05, 4.69) is 13.8 Å². The molecule has 0 aromatic heterocycles. The van der Waals surface area contributed by atoms with E-state index < -0.39 is 6.57 Å². The van der Waals surface area contributed by atoms with E-state index in [0.29, 0.717) is 6.16 Å². The molecule has 0 fully saturated rings. The fraction of sp³-hybridized carbons (Fsp3) is 1.00. The molecule has 2 nitrogen and oxygen atoms in total. The Labute approximate surface area is 103 Å². The molecule has 15 heavy (non-hydrogen) atoms. The summed E-state index contributed by atoms with van der Waals surface area (Å²) in [5.74, 6) is 3.12. The summed E-state index contributed by atoms with van der Waals surface area (Å²) >= 11 is 3.41. The van der Waals surface area contributed by atoms with Crippen molar-refractivity contribution in [3.63, 3.8) is 0 Å². The molecule has 0 bridgehead atoms. The van der Waals surface area contributed by atoms with Crippen LogP contribution >= 0.6 is 29.7 Å². The first kappa shape index (κ1) is 15.9. The summed E-state index contributed by atoms with van der Waals surface area (Å²) < 4.78 is 17.9. The van der Waals surface area contributed by atoms with E-state index in [9.17, 15) is 4.57 Å². The van der Waals surface area contributed by atoms with Crippen molar-refractivity contribution in [3.8, 4) is 0 Å². The van der Waals surface area contributed by atoms with E-state index in [4.69, 9.17) is 4.52 Å². The zero-order chi connectivity index (χ0) is 11.7. The van der Waals surface area contributed by atoms with Gasteiger partial charge in [0.15, 0.2) is 0 Å². The molecule has 0 heterocycles. The minimum atomic E-state index is -2.41. The molecule has 5 heteroatoms. The van der Waals surface area contributed by atoms with E-state index in [1.54, 1.807) is 0 Å². The van der Waals surface area contributed by atoms with Crippen molar-refractivity contribution < 1.29 is 9.09 Å². The molecule has 0 spiro atoms. The first-order valence-electron chi connectivity index (χ1n) is 5.57. The second-order valence-electron chi connectivity index (χ2n) is 3.28. The van der Waals surface area contributed by atoms with Gasteiger partial charge in [-0.25, -0.2) is 0 Å². The van der Waals surface area contributed by atoms with Gasteiger partial charge in [-0.1, -0.05) is 32.2 Å². The maximum Gasteiger partial charge on any atom is 0.257 e. The first-order valence-corrected chi connectivity index (χ1v) is 10.1. The van der Waals surface area contributed by atoms with Gasteiger partial charge >= 0.3 is 0 Å². The lowest BCUT2D eigenvalue weighted by molar-refractivity contribution is 0.228. The van der Waals surface area contributed by atoms with Crippen molar-refractivity contribution in [3.05, 3.63) is 0 Å². The van der Waals surface area contributed by atoms with Gasteiger partial charge in [-0.2, -0.15) is 11.8 Å². The predicted molar refractivity (Wildman–Crippen MR) is 74.4 cm³/mol. The number of hydrogen-bond acceptors (Lipinski definition) is 4. The number of hydrogen-bond donors (Lipinski definition) is 0. The molecule has 92 valence electrons. The molecule has 0 unspecified atom stereocenters. The van der Waals surface area contributed by atoms with Crippen LogP contribution in [0.5, 0.6) is 0 Å². The molecule has 2 atom stereocenters. The maximum atomic E-state index is 12.2. The molecule has 0 aromatic rings. The lowest BCUT2D eigenvalue weighted by Gasteiger charge is -2.20. The van der Waals surface area contributed by atoms with Gasteiger partial charge in [0.05, 0.1) is 6.10 Å². The van der Waals surface area contributed by atoms with Crippen LogP contribution in [0.3, 0.4) is 0 Å². The maximum absolute atomic E-state index is 12.2. The molecular formula is C10H23O2PS2. The normalized spacial score (nSPS) is 17.3. The Balaban J connectivity index is 3.91. The van der Waals surface area contributed by atoms with Crippen LogP contribution in [-0.2, 0) is 9.09 Å². The van der Waals surface area contributed by atoms with E-state index in [-0.39, 0.29) is 6.10 Å². The van der Waals surface area contributed by atoms with E-state index in [1.807, 2.05) is 25.6 Å². The Morgan fingerprint density at radius 3 is 2.40 bits per heavy atom. The predicted octanol–water partition coefficient (Wildman–Crippen LogP) is 4.50. The number of thioether (sulfide) groups is 1. The van der Waals surface area contributed by atoms with Crippen LogP contribution in [0, 0.1) is 0 Å². The van der Waals surface area contributed by atoms with E-state index >= 15 is 0 Å². The molecule has 0 radical (unpaired) electrons. The Kier molecular flexibility index (Phi) is 9.51. The summed E-state index contributed by atoms with van der Waals surface area (Å²) in [6.45, 7) is 5.73.